The van der Waals surface area contributed by atoms with Gasteiger partial charge in [0.25, 0.3) is 0 Å². The number of nitrogens with zero attached hydrogens (tertiary/aromatic N) is 4. The molecule has 0 unspecified atom stereocenters. The molecule has 0 bridgehead atoms. The van der Waals surface area contributed by atoms with E-state index in [1.807, 2.05) is 18.3 Å². The molecule has 150 valence electrons. The fourth-order valence-corrected chi connectivity index (χ4v) is 5.94. The van der Waals surface area contributed by atoms with E-state index in [2.05, 4.69) is 21.8 Å². The lowest BCUT2D eigenvalue weighted by molar-refractivity contribution is 0.0987. The molecule has 0 radical (unpaired) electrons. The van der Waals surface area contributed by atoms with E-state index in [-0.39, 0.29) is 10.9 Å². The summed E-state index contributed by atoms with van der Waals surface area (Å²) in [5, 5.41) is 2.55. The number of morpholine rings is 1. The van der Waals surface area contributed by atoms with E-state index in [4.69, 9.17) is 14.7 Å². The largest absolute Gasteiger partial charge is 0.377 e. The van der Waals surface area contributed by atoms with Gasteiger partial charge >= 0.3 is 0 Å². The highest BCUT2D eigenvalue weighted by Gasteiger charge is 2.27. The molecule has 4 aromatic heterocycles. The Balaban J connectivity index is 1.82. The van der Waals surface area contributed by atoms with E-state index in [1.54, 1.807) is 11.6 Å². The van der Waals surface area contributed by atoms with Crippen molar-refractivity contribution in [2.24, 2.45) is 0 Å². The van der Waals surface area contributed by atoms with Crippen molar-refractivity contribution in [2.45, 2.75) is 17.9 Å². The van der Waals surface area contributed by atoms with Crippen LogP contribution in [0, 0.1) is 0 Å². The summed E-state index contributed by atoms with van der Waals surface area (Å²) in [7, 11) is -3.42. The molecule has 29 heavy (non-hydrogen) atoms. The highest BCUT2D eigenvalue weighted by molar-refractivity contribution is 7.91. The van der Waals surface area contributed by atoms with Crippen LogP contribution in [0.4, 0.5) is 5.82 Å². The van der Waals surface area contributed by atoms with Crippen LogP contribution in [0.15, 0.2) is 34.8 Å². The highest BCUT2D eigenvalue weighted by atomic mass is 32.2. The van der Waals surface area contributed by atoms with Crippen molar-refractivity contribution >= 4 is 48.2 Å². The minimum absolute atomic E-state index is 0.128. The van der Waals surface area contributed by atoms with Gasteiger partial charge in [-0.15, -0.1) is 11.3 Å². The molecule has 1 aliphatic heterocycles. The normalized spacial score (nSPS) is 18.0. The maximum absolute atomic E-state index is 12.4. The molecule has 8 nitrogen and oxygen atoms in total. The number of aromatic nitrogens is 4. The molecule has 0 spiro atoms. The quantitative estimate of drug-likeness (QED) is 0.534. The SMILES string of the molecule is C[C@@H]1COCCN1c1nc(-c2ccnc3[nH]ccc23)nc2c(S(C)(=O)=O)csc12. The Labute approximate surface area is 171 Å². The summed E-state index contributed by atoms with van der Waals surface area (Å²) >= 11 is 1.37. The van der Waals surface area contributed by atoms with Gasteiger partial charge in [0.2, 0.25) is 0 Å². The van der Waals surface area contributed by atoms with E-state index in [0.717, 1.165) is 27.1 Å². The number of anilines is 1. The third-order valence-corrected chi connectivity index (χ3v) is 7.33. The number of fused-ring (bicyclic) bond motifs is 2. The predicted octanol–water partition coefficient (Wildman–Crippen LogP) is 2.86. The summed E-state index contributed by atoms with van der Waals surface area (Å²) in [4.78, 5) is 19.4. The number of sulfone groups is 1. The van der Waals surface area contributed by atoms with Crippen LogP contribution >= 0.6 is 11.3 Å². The van der Waals surface area contributed by atoms with Gasteiger partial charge in [0.05, 0.1) is 24.0 Å². The lowest BCUT2D eigenvalue weighted by Crippen LogP contribution is -2.44. The summed E-state index contributed by atoms with van der Waals surface area (Å²) < 4.78 is 31.1. The Kier molecular flexibility index (Phi) is 4.30. The first kappa shape index (κ1) is 18.5. The van der Waals surface area contributed by atoms with Crippen molar-refractivity contribution in [2.75, 3.05) is 30.9 Å². The molecule has 1 fully saturated rings. The van der Waals surface area contributed by atoms with Crippen molar-refractivity contribution in [1.29, 1.82) is 0 Å². The average molecular weight is 430 g/mol. The Morgan fingerprint density at radius 1 is 1.31 bits per heavy atom. The first-order valence-corrected chi connectivity index (χ1v) is 12.0. The molecule has 10 heteroatoms. The molecule has 0 amide bonds. The summed E-state index contributed by atoms with van der Waals surface area (Å²) in [5.74, 6) is 1.24. The fourth-order valence-electron chi connectivity index (χ4n) is 3.66. The van der Waals surface area contributed by atoms with Crippen LogP contribution in [0.25, 0.3) is 32.6 Å². The minimum atomic E-state index is -3.42. The van der Waals surface area contributed by atoms with Gasteiger partial charge in [-0.25, -0.2) is 23.4 Å². The third-order valence-electron chi connectivity index (χ3n) is 5.11. The Bertz CT molecular complexity index is 1330. The first-order chi connectivity index (χ1) is 13.9. The second kappa shape index (κ2) is 6.75. The number of pyridine rings is 1. The molecular weight excluding hydrogens is 410 g/mol. The van der Waals surface area contributed by atoms with Gasteiger partial charge in [-0.1, -0.05) is 0 Å². The molecule has 1 N–H and O–H groups in total. The van der Waals surface area contributed by atoms with E-state index in [1.165, 1.54) is 17.6 Å². The molecule has 1 atom stereocenters. The second-order valence-corrected chi connectivity index (χ2v) is 10.0. The topological polar surface area (TPSA) is 101 Å². The fraction of sp³-hybridized carbons (Fsp3) is 0.316. The molecule has 1 saturated heterocycles. The molecule has 4 aromatic rings. The summed E-state index contributed by atoms with van der Waals surface area (Å²) in [6.07, 6.45) is 4.73. The lowest BCUT2D eigenvalue weighted by Gasteiger charge is -2.34. The zero-order valence-electron chi connectivity index (χ0n) is 15.9. The van der Waals surface area contributed by atoms with Gasteiger partial charge in [-0.05, 0) is 19.1 Å². The van der Waals surface area contributed by atoms with Crippen molar-refractivity contribution < 1.29 is 13.2 Å². The Hall–Kier alpha value is -2.56. The lowest BCUT2D eigenvalue weighted by atomic mass is 10.1. The highest BCUT2D eigenvalue weighted by Crippen LogP contribution is 2.38. The number of hydrogen-bond acceptors (Lipinski definition) is 8. The Morgan fingerprint density at radius 3 is 2.97 bits per heavy atom. The summed E-state index contributed by atoms with van der Waals surface area (Å²) in [6.45, 7) is 3.97. The maximum Gasteiger partial charge on any atom is 0.178 e. The van der Waals surface area contributed by atoms with Gasteiger partial charge in [0.1, 0.15) is 16.1 Å². The Morgan fingerprint density at radius 2 is 2.17 bits per heavy atom. The van der Waals surface area contributed by atoms with E-state index in [9.17, 15) is 8.42 Å². The number of aromatic amines is 1. The molecule has 1 aliphatic rings. The second-order valence-electron chi connectivity index (χ2n) is 7.14. The predicted molar refractivity (Wildman–Crippen MR) is 113 cm³/mol. The molecule has 5 heterocycles. The van der Waals surface area contributed by atoms with Crippen LogP contribution in [0.3, 0.4) is 0 Å². The van der Waals surface area contributed by atoms with Gasteiger partial charge < -0.3 is 14.6 Å². The number of nitrogens with one attached hydrogen (secondary N) is 1. The van der Waals surface area contributed by atoms with Crippen molar-refractivity contribution in [1.82, 2.24) is 19.9 Å². The number of rotatable bonds is 3. The summed E-state index contributed by atoms with van der Waals surface area (Å²) in [6, 6.07) is 3.91. The zero-order chi connectivity index (χ0) is 20.2. The molecule has 0 aliphatic carbocycles. The first-order valence-electron chi connectivity index (χ1n) is 9.19. The van der Waals surface area contributed by atoms with Gasteiger partial charge in [-0.2, -0.15) is 0 Å². The van der Waals surface area contributed by atoms with Crippen molar-refractivity contribution in [3.05, 3.63) is 29.9 Å². The van der Waals surface area contributed by atoms with Crippen LogP contribution in [0.2, 0.25) is 0 Å². The van der Waals surface area contributed by atoms with E-state index < -0.39 is 9.84 Å². The van der Waals surface area contributed by atoms with E-state index >= 15 is 0 Å². The number of ether oxygens (including phenoxy) is 1. The maximum atomic E-state index is 12.4. The van der Waals surface area contributed by atoms with Crippen LogP contribution in [0.1, 0.15) is 6.92 Å². The number of thiophene rings is 1. The van der Waals surface area contributed by atoms with Crippen LogP contribution in [0.5, 0.6) is 0 Å². The zero-order valence-corrected chi connectivity index (χ0v) is 17.5. The van der Waals surface area contributed by atoms with Crippen LogP contribution < -0.4 is 4.90 Å². The monoisotopic (exact) mass is 429 g/mol. The average Bonchev–Trinajstić information content (AvgIpc) is 3.34. The third kappa shape index (κ3) is 3.07. The van der Waals surface area contributed by atoms with Crippen LogP contribution in [-0.4, -0.2) is 60.4 Å². The van der Waals surface area contributed by atoms with Gasteiger partial charge in [0, 0.05) is 41.5 Å². The number of hydrogen-bond donors (Lipinski definition) is 1. The van der Waals surface area contributed by atoms with Crippen molar-refractivity contribution in [3.63, 3.8) is 0 Å². The standard InChI is InChI=1S/C19H19N5O3S2/c1-11-9-27-8-7-24(11)19-16-15(14(10-28-16)29(2,25)26)22-18(23-19)13-4-6-21-17-12(13)3-5-20-17/h3-6,10-11H,7-9H2,1-2H3,(H,20,21)/t11-/m1/s1. The van der Waals surface area contributed by atoms with Crippen LogP contribution in [-0.2, 0) is 14.6 Å². The van der Waals surface area contributed by atoms with Gasteiger partial charge in [0.15, 0.2) is 21.5 Å². The summed E-state index contributed by atoms with van der Waals surface area (Å²) in [5.41, 5.74) is 2.02. The molecule has 5 rings (SSSR count). The molecular formula is C19H19N5O3S2. The van der Waals surface area contributed by atoms with Crippen molar-refractivity contribution in [3.8, 4) is 11.4 Å². The number of H-pyrrole nitrogens is 1. The van der Waals surface area contributed by atoms with E-state index in [0.29, 0.717) is 31.1 Å². The molecule has 0 aromatic carbocycles. The molecule has 0 saturated carbocycles. The minimum Gasteiger partial charge on any atom is -0.377 e. The smallest absolute Gasteiger partial charge is 0.178 e. The van der Waals surface area contributed by atoms with Gasteiger partial charge in [-0.3, -0.25) is 0 Å².